The maximum Gasteiger partial charge on any atom is 0.304 e. The zero-order valence-corrected chi connectivity index (χ0v) is 11.8. The van der Waals surface area contributed by atoms with Crippen LogP contribution in [0.3, 0.4) is 0 Å². The van der Waals surface area contributed by atoms with Crippen LogP contribution in [0, 0.1) is 0 Å². The lowest BCUT2D eigenvalue weighted by molar-refractivity contribution is -0.137. The molecule has 0 amide bonds. The number of piperazine rings is 1. The summed E-state index contributed by atoms with van der Waals surface area (Å²) in [4.78, 5) is 17.7. The van der Waals surface area contributed by atoms with E-state index in [2.05, 4.69) is 28.5 Å². The number of carbonyl (C=O) groups is 1. The van der Waals surface area contributed by atoms with Crippen molar-refractivity contribution >= 4 is 5.97 Å². The molecule has 0 aromatic heterocycles. The summed E-state index contributed by atoms with van der Waals surface area (Å²) in [5.41, 5.74) is 0. The van der Waals surface area contributed by atoms with Gasteiger partial charge in [-0.2, -0.15) is 0 Å². The first-order valence-electron chi connectivity index (χ1n) is 7.04. The Balaban J connectivity index is 2.13. The monoisotopic (exact) mass is 257 g/mol. The number of likely N-dealkylation sites (N-methyl/N-ethyl adjacent to an activating group) is 1. The fourth-order valence-corrected chi connectivity index (χ4v) is 2.31. The Morgan fingerprint density at radius 3 is 2.00 bits per heavy atom. The standard InChI is InChI=1S/C13H27N3O2/c1-3-14(4-2)7-8-16-11-9-15(10-12-16)6-5-13(17)18/h3-12H2,1-2H3,(H,17,18). The Bertz CT molecular complexity index is 236. The molecule has 106 valence electrons. The van der Waals surface area contributed by atoms with E-state index in [9.17, 15) is 4.79 Å². The van der Waals surface area contributed by atoms with Crippen LogP contribution in [-0.4, -0.2) is 84.7 Å². The van der Waals surface area contributed by atoms with E-state index >= 15 is 0 Å². The summed E-state index contributed by atoms with van der Waals surface area (Å²) in [6.45, 7) is 13.8. The zero-order valence-electron chi connectivity index (χ0n) is 11.8. The largest absolute Gasteiger partial charge is 0.481 e. The summed E-state index contributed by atoms with van der Waals surface area (Å²) >= 11 is 0. The van der Waals surface area contributed by atoms with Crippen LogP contribution < -0.4 is 0 Å². The molecule has 5 heteroatoms. The Kier molecular flexibility index (Phi) is 7.23. The SMILES string of the molecule is CCN(CC)CCN1CCN(CCC(=O)O)CC1. The highest BCUT2D eigenvalue weighted by Crippen LogP contribution is 2.02. The molecule has 5 nitrogen and oxygen atoms in total. The van der Waals surface area contributed by atoms with Crippen LogP contribution in [0.5, 0.6) is 0 Å². The summed E-state index contributed by atoms with van der Waals surface area (Å²) in [5.74, 6) is -0.695. The van der Waals surface area contributed by atoms with Gasteiger partial charge in [0.1, 0.15) is 0 Å². The first-order chi connectivity index (χ1) is 8.65. The van der Waals surface area contributed by atoms with Crippen molar-refractivity contribution in [2.75, 3.05) is 58.9 Å². The first kappa shape index (κ1) is 15.4. The molecule has 1 saturated heterocycles. The highest BCUT2D eigenvalue weighted by molar-refractivity contribution is 5.66. The third-order valence-corrected chi connectivity index (χ3v) is 3.73. The molecule has 1 N–H and O–H groups in total. The van der Waals surface area contributed by atoms with E-state index in [0.29, 0.717) is 6.54 Å². The van der Waals surface area contributed by atoms with Crippen molar-refractivity contribution in [3.63, 3.8) is 0 Å². The van der Waals surface area contributed by atoms with Gasteiger partial charge in [0, 0.05) is 45.8 Å². The summed E-state index contributed by atoms with van der Waals surface area (Å²) in [6, 6.07) is 0. The van der Waals surface area contributed by atoms with Crippen LogP contribution in [0.4, 0.5) is 0 Å². The van der Waals surface area contributed by atoms with Crippen molar-refractivity contribution in [1.29, 1.82) is 0 Å². The quantitative estimate of drug-likeness (QED) is 0.683. The Labute approximate surface area is 110 Å². The topological polar surface area (TPSA) is 47.0 Å². The normalized spacial score (nSPS) is 18.4. The molecule has 1 aliphatic rings. The number of hydrogen-bond donors (Lipinski definition) is 1. The molecule has 1 fully saturated rings. The molecule has 1 heterocycles. The number of rotatable bonds is 8. The van der Waals surface area contributed by atoms with Crippen LogP contribution in [-0.2, 0) is 4.79 Å². The van der Waals surface area contributed by atoms with Gasteiger partial charge in [-0.3, -0.25) is 9.69 Å². The summed E-state index contributed by atoms with van der Waals surface area (Å²) in [7, 11) is 0. The van der Waals surface area contributed by atoms with Gasteiger partial charge in [0.2, 0.25) is 0 Å². The first-order valence-corrected chi connectivity index (χ1v) is 7.04. The average Bonchev–Trinajstić information content (AvgIpc) is 2.39. The van der Waals surface area contributed by atoms with Gasteiger partial charge in [0.05, 0.1) is 6.42 Å². The fourth-order valence-electron chi connectivity index (χ4n) is 2.31. The molecule has 0 saturated carbocycles. The number of carboxylic acids is 1. The van der Waals surface area contributed by atoms with Gasteiger partial charge >= 0.3 is 5.97 Å². The number of hydrogen-bond acceptors (Lipinski definition) is 4. The van der Waals surface area contributed by atoms with E-state index in [1.54, 1.807) is 0 Å². The Morgan fingerprint density at radius 2 is 1.56 bits per heavy atom. The molecule has 0 aromatic carbocycles. The van der Waals surface area contributed by atoms with Gasteiger partial charge in [-0.05, 0) is 13.1 Å². The second-order valence-electron chi connectivity index (χ2n) is 4.85. The van der Waals surface area contributed by atoms with Crippen LogP contribution in [0.25, 0.3) is 0 Å². The van der Waals surface area contributed by atoms with Crippen molar-refractivity contribution in [2.24, 2.45) is 0 Å². The van der Waals surface area contributed by atoms with Crippen LogP contribution in [0.15, 0.2) is 0 Å². The minimum atomic E-state index is -0.695. The van der Waals surface area contributed by atoms with E-state index in [4.69, 9.17) is 5.11 Å². The molecule has 0 aliphatic carbocycles. The van der Waals surface area contributed by atoms with Gasteiger partial charge in [0.15, 0.2) is 0 Å². The van der Waals surface area contributed by atoms with Crippen molar-refractivity contribution in [3.05, 3.63) is 0 Å². The molecule has 0 radical (unpaired) electrons. The maximum atomic E-state index is 10.5. The molecular formula is C13H27N3O2. The van der Waals surface area contributed by atoms with Crippen molar-refractivity contribution in [3.8, 4) is 0 Å². The smallest absolute Gasteiger partial charge is 0.304 e. The summed E-state index contributed by atoms with van der Waals surface area (Å²) in [6.07, 6.45) is 0.263. The van der Waals surface area contributed by atoms with E-state index in [1.807, 2.05) is 0 Å². The molecule has 1 rings (SSSR count). The van der Waals surface area contributed by atoms with Gasteiger partial charge in [-0.15, -0.1) is 0 Å². The summed E-state index contributed by atoms with van der Waals surface area (Å²) < 4.78 is 0. The minimum Gasteiger partial charge on any atom is -0.481 e. The van der Waals surface area contributed by atoms with E-state index < -0.39 is 5.97 Å². The fraction of sp³-hybridized carbons (Fsp3) is 0.923. The predicted molar refractivity (Wildman–Crippen MR) is 72.9 cm³/mol. The van der Waals surface area contributed by atoms with E-state index in [0.717, 1.165) is 52.4 Å². The van der Waals surface area contributed by atoms with E-state index in [-0.39, 0.29) is 6.42 Å². The van der Waals surface area contributed by atoms with Crippen molar-refractivity contribution in [2.45, 2.75) is 20.3 Å². The van der Waals surface area contributed by atoms with Gasteiger partial charge in [0.25, 0.3) is 0 Å². The minimum absolute atomic E-state index is 0.263. The molecule has 0 atom stereocenters. The van der Waals surface area contributed by atoms with E-state index in [1.165, 1.54) is 0 Å². The Morgan fingerprint density at radius 1 is 1.06 bits per heavy atom. The van der Waals surface area contributed by atoms with Gasteiger partial charge in [-0.25, -0.2) is 0 Å². The molecule has 0 spiro atoms. The van der Waals surface area contributed by atoms with Crippen molar-refractivity contribution < 1.29 is 9.90 Å². The maximum absolute atomic E-state index is 10.5. The number of carboxylic acid groups (broad SMARTS) is 1. The molecule has 0 aromatic rings. The van der Waals surface area contributed by atoms with Gasteiger partial charge in [-0.1, -0.05) is 13.8 Å². The predicted octanol–water partition coefficient (Wildman–Crippen LogP) is 0.421. The summed E-state index contributed by atoms with van der Waals surface area (Å²) in [5, 5.41) is 8.65. The lowest BCUT2D eigenvalue weighted by atomic mass is 10.3. The second kappa shape index (κ2) is 8.45. The third kappa shape index (κ3) is 5.80. The zero-order chi connectivity index (χ0) is 13.4. The second-order valence-corrected chi connectivity index (χ2v) is 4.85. The third-order valence-electron chi connectivity index (χ3n) is 3.73. The van der Waals surface area contributed by atoms with Crippen LogP contribution in [0.2, 0.25) is 0 Å². The highest BCUT2D eigenvalue weighted by Gasteiger charge is 2.17. The molecule has 18 heavy (non-hydrogen) atoms. The highest BCUT2D eigenvalue weighted by atomic mass is 16.4. The molecule has 0 unspecified atom stereocenters. The lowest BCUT2D eigenvalue weighted by Gasteiger charge is -2.35. The lowest BCUT2D eigenvalue weighted by Crippen LogP contribution is -2.48. The average molecular weight is 257 g/mol. The molecule has 1 aliphatic heterocycles. The van der Waals surface area contributed by atoms with Crippen LogP contribution >= 0.6 is 0 Å². The number of aliphatic carboxylic acids is 1. The van der Waals surface area contributed by atoms with Crippen LogP contribution in [0.1, 0.15) is 20.3 Å². The molecule has 0 bridgehead atoms. The molecular weight excluding hydrogens is 230 g/mol. The number of nitrogens with zero attached hydrogens (tertiary/aromatic N) is 3. The Hall–Kier alpha value is -0.650. The van der Waals surface area contributed by atoms with Crippen molar-refractivity contribution in [1.82, 2.24) is 14.7 Å². The van der Waals surface area contributed by atoms with Gasteiger partial charge < -0.3 is 14.9 Å².